The lowest BCUT2D eigenvalue weighted by Gasteiger charge is -2.24. The molecule has 1 aliphatic rings. The number of nitrogens with one attached hydrogen (secondary N) is 1. The maximum absolute atomic E-state index is 12.0. The van der Waals surface area contributed by atoms with Gasteiger partial charge in [0.25, 0.3) is 0 Å². The summed E-state index contributed by atoms with van der Waals surface area (Å²) in [7, 11) is 0. The molecule has 21 heavy (non-hydrogen) atoms. The average Bonchev–Trinajstić information content (AvgIpc) is 2.83. The fourth-order valence-electron chi connectivity index (χ4n) is 2.22. The average molecular weight is 302 g/mol. The number of ether oxygens (including phenoxy) is 3. The number of amides is 1. The Morgan fingerprint density at radius 2 is 1.90 bits per heavy atom. The maximum Gasteiger partial charge on any atom is 0.410 e. The second-order valence-electron chi connectivity index (χ2n) is 6.16. The summed E-state index contributed by atoms with van der Waals surface area (Å²) in [6.45, 7) is 12.8. The van der Waals surface area contributed by atoms with Crippen LogP contribution in [0, 0.1) is 0 Å². The molecular formula is C15H30N2O4. The van der Waals surface area contributed by atoms with E-state index in [2.05, 4.69) is 5.32 Å². The molecule has 124 valence electrons. The fourth-order valence-corrected chi connectivity index (χ4v) is 2.22. The fraction of sp³-hybridized carbons (Fsp3) is 0.933. The van der Waals surface area contributed by atoms with Gasteiger partial charge in [-0.2, -0.15) is 0 Å². The smallest absolute Gasteiger partial charge is 0.410 e. The number of hydrogen-bond acceptors (Lipinski definition) is 5. The van der Waals surface area contributed by atoms with E-state index in [9.17, 15) is 4.79 Å². The first-order valence-corrected chi connectivity index (χ1v) is 7.80. The molecule has 1 N–H and O–H groups in total. The highest BCUT2D eigenvalue weighted by atomic mass is 16.7. The van der Waals surface area contributed by atoms with E-state index in [0.29, 0.717) is 26.3 Å². The highest BCUT2D eigenvalue weighted by molar-refractivity contribution is 5.68. The number of likely N-dealkylation sites (tertiary alicyclic amines) is 1. The van der Waals surface area contributed by atoms with Crippen molar-refractivity contribution in [2.75, 3.05) is 32.8 Å². The van der Waals surface area contributed by atoms with Crippen LogP contribution in [-0.2, 0) is 14.2 Å². The molecule has 1 aliphatic heterocycles. The third-order valence-corrected chi connectivity index (χ3v) is 3.12. The van der Waals surface area contributed by atoms with Gasteiger partial charge >= 0.3 is 6.09 Å². The van der Waals surface area contributed by atoms with Crippen molar-refractivity contribution in [3.63, 3.8) is 0 Å². The van der Waals surface area contributed by atoms with Gasteiger partial charge in [-0.05, 0) is 41.0 Å². The van der Waals surface area contributed by atoms with Gasteiger partial charge in [0.15, 0.2) is 6.29 Å². The molecule has 0 aromatic carbocycles. The van der Waals surface area contributed by atoms with Crippen LogP contribution >= 0.6 is 0 Å². The molecule has 1 saturated heterocycles. The molecule has 0 bridgehead atoms. The zero-order chi connectivity index (χ0) is 15.9. The Labute approximate surface area is 128 Å². The molecule has 1 fully saturated rings. The summed E-state index contributed by atoms with van der Waals surface area (Å²) in [6.07, 6.45) is 0.457. The molecular weight excluding hydrogens is 272 g/mol. The lowest BCUT2D eigenvalue weighted by Crippen LogP contribution is -2.41. The largest absolute Gasteiger partial charge is 0.444 e. The SMILES string of the molecule is CCOC(CN[C@H]1CCN(C(=O)OC(C)(C)C)C1)OCC. The van der Waals surface area contributed by atoms with Crippen LogP contribution in [-0.4, -0.2) is 61.8 Å². The number of nitrogens with zero attached hydrogens (tertiary/aromatic N) is 1. The molecule has 0 aliphatic carbocycles. The first kappa shape index (κ1) is 18.2. The van der Waals surface area contributed by atoms with E-state index in [1.54, 1.807) is 4.90 Å². The molecule has 0 spiro atoms. The lowest BCUT2D eigenvalue weighted by atomic mass is 10.2. The van der Waals surface area contributed by atoms with Crippen LogP contribution < -0.4 is 5.32 Å². The maximum atomic E-state index is 12.0. The summed E-state index contributed by atoms with van der Waals surface area (Å²) >= 11 is 0. The Kier molecular flexibility index (Phi) is 7.42. The van der Waals surface area contributed by atoms with Gasteiger partial charge in [-0.25, -0.2) is 4.79 Å². The van der Waals surface area contributed by atoms with E-state index in [0.717, 1.165) is 13.0 Å². The van der Waals surface area contributed by atoms with Crippen molar-refractivity contribution in [1.29, 1.82) is 0 Å². The summed E-state index contributed by atoms with van der Waals surface area (Å²) < 4.78 is 16.4. The zero-order valence-corrected chi connectivity index (χ0v) is 14.0. The van der Waals surface area contributed by atoms with Crippen LogP contribution in [0.25, 0.3) is 0 Å². The van der Waals surface area contributed by atoms with E-state index in [1.165, 1.54) is 0 Å². The Balaban J connectivity index is 2.32. The van der Waals surface area contributed by atoms with E-state index >= 15 is 0 Å². The molecule has 0 aromatic rings. The van der Waals surface area contributed by atoms with Crippen molar-refractivity contribution in [2.24, 2.45) is 0 Å². The molecule has 0 aromatic heterocycles. The highest BCUT2D eigenvalue weighted by Crippen LogP contribution is 2.15. The van der Waals surface area contributed by atoms with Crippen molar-refractivity contribution in [1.82, 2.24) is 10.2 Å². The molecule has 1 rings (SSSR count). The van der Waals surface area contributed by atoms with Gasteiger partial charge in [-0.1, -0.05) is 0 Å². The Bertz CT molecular complexity index is 311. The van der Waals surface area contributed by atoms with Crippen molar-refractivity contribution < 1.29 is 19.0 Å². The quantitative estimate of drug-likeness (QED) is 0.729. The number of hydrogen-bond donors (Lipinski definition) is 1. The molecule has 1 atom stereocenters. The number of carbonyl (C=O) groups excluding carboxylic acids is 1. The lowest BCUT2D eigenvalue weighted by molar-refractivity contribution is -0.133. The van der Waals surface area contributed by atoms with Crippen LogP contribution in [0.3, 0.4) is 0 Å². The first-order chi connectivity index (χ1) is 9.85. The third-order valence-electron chi connectivity index (χ3n) is 3.12. The van der Waals surface area contributed by atoms with Gasteiger partial charge in [0, 0.05) is 38.9 Å². The minimum atomic E-state index is -0.447. The standard InChI is InChI=1S/C15H30N2O4/c1-6-19-13(20-7-2)10-16-12-8-9-17(11-12)14(18)21-15(3,4)5/h12-13,16H,6-11H2,1-5H3/t12-/m0/s1. The summed E-state index contributed by atoms with van der Waals surface area (Å²) in [6, 6.07) is 0.265. The molecule has 0 unspecified atom stereocenters. The van der Waals surface area contributed by atoms with Gasteiger partial charge in [0.2, 0.25) is 0 Å². The topological polar surface area (TPSA) is 60.0 Å². The minimum absolute atomic E-state index is 0.226. The Hall–Kier alpha value is -0.850. The number of carbonyl (C=O) groups is 1. The van der Waals surface area contributed by atoms with Gasteiger partial charge in [0.1, 0.15) is 5.60 Å². The van der Waals surface area contributed by atoms with E-state index in [4.69, 9.17) is 14.2 Å². The highest BCUT2D eigenvalue weighted by Gasteiger charge is 2.29. The van der Waals surface area contributed by atoms with E-state index < -0.39 is 5.60 Å². The van der Waals surface area contributed by atoms with Crippen molar-refractivity contribution >= 4 is 6.09 Å². The summed E-state index contributed by atoms with van der Waals surface area (Å²) in [5.74, 6) is 0. The van der Waals surface area contributed by atoms with E-state index in [1.807, 2.05) is 34.6 Å². The third kappa shape index (κ3) is 7.11. The van der Waals surface area contributed by atoms with Gasteiger partial charge in [-0.15, -0.1) is 0 Å². The van der Waals surface area contributed by atoms with Crippen LogP contribution in [0.1, 0.15) is 41.0 Å². The van der Waals surface area contributed by atoms with Crippen LogP contribution in [0.5, 0.6) is 0 Å². The molecule has 0 radical (unpaired) electrons. The second-order valence-corrected chi connectivity index (χ2v) is 6.16. The number of rotatable bonds is 7. The van der Waals surface area contributed by atoms with Gasteiger partial charge < -0.3 is 24.4 Å². The van der Waals surface area contributed by atoms with Crippen molar-refractivity contribution in [3.8, 4) is 0 Å². The van der Waals surface area contributed by atoms with Crippen molar-refractivity contribution in [3.05, 3.63) is 0 Å². The predicted octanol–water partition coefficient (Wildman–Crippen LogP) is 1.98. The monoisotopic (exact) mass is 302 g/mol. The molecule has 0 saturated carbocycles. The minimum Gasteiger partial charge on any atom is -0.444 e. The second kappa shape index (κ2) is 8.56. The molecule has 6 heteroatoms. The Morgan fingerprint density at radius 1 is 1.29 bits per heavy atom. The zero-order valence-electron chi connectivity index (χ0n) is 14.0. The van der Waals surface area contributed by atoms with Crippen molar-refractivity contribution in [2.45, 2.75) is 59.0 Å². The molecule has 6 nitrogen and oxygen atoms in total. The predicted molar refractivity (Wildman–Crippen MR) is 81.3 cm³/mol. The summed E-state index contributed by atoms with van der Waals surface area (Å²) in [4.78, 5) is 13.7. The Morgan fingerprint density at radius 3 is 2.43 bits per heavy atom. The normalized spacial score (nSPS) is 19.3. The van der Waals surface area contributed by atoms with Gasteiger partial charge in [0.05, 0.1) is 0 Å². The summed E-state index contributed by atoms with van der Waals surface area (Å²) in [5, 5.41) is 3.40. The van der Waals surface area contributed by atoms with E-state index in [-0.39, 0.29) is 18.4 Å². The van der Waals surface area contributed by atoms with Crippen LogP contribution in [0.15, 0.2) is 0 Å². The first-order valence-electron chi connectivity index (χ1n) is 7.80. The summed E-state index contributed by atoms with van der Waals surface area (Å²) in [5.41, 5.74) is -0.447. The van der Waals surface area contributed by atoms with Gasteiger partial charge in [-0.3, -0.25) is 0 Å². The molecule has 1 heterocycles. The molecule has 1 amide bonds. The van der Waals surface area contributed by atoms with Crippen LogP contribution in [0.2, 0.25) is 0 Å². The van der Waals surface area contributed by atoms with Crippen LogP contribution in [0.4, 0.5) is 4.79 Å².